The van der Waals surface area contributed by atoms with Gasteiger partial charge in [0.2, 0.25) is 0 Å². The van der Waals surface area contributed by atoms with Crippen LogP contribution in [0.2, 0.25) is 0 Å². The van der Waals surface area contributed by atoms with Crippen LogP contribution in [0.4, 0.5) is 10.1 Å². The molecule has 108 valence electrons. The van der Waals surface area contributed by atoms with Crippen molar-refractivity contribution in [1.29, 1.82) is 5.26 Å². The summed E-state index contributed by atoms with van der Waals surface area (Å²) in [5.74, 6) is -0.415. The quantitative estimate of drug-likeness (QED) is 0.846. The van der Waals surface area contributed by atoms with E-state index >= 15 is 0 Å². The number of rotatable bonds is 4. The van der Waals surface area contributed by atoms with Gasteiger partial charge >= 0.3 is 0 Å². The lowest BCUT2D eigenvalue weighted by Gasteiger charge is -2.36. The fourth-order valence-electron chi connectivity index (χ4n) is 2.69. The molecule has 0 unspecified atom stereocenters. The van der Waals surface area contributed by atoms with Crippen LogP contribution >= 0.6 is 0 Å². The van der Waals surface area contributed by atoms with Crippen molar-refractivity contribution in [2.45, 2.75) is 26.7 Å². The Bertz CT molecular complexity index is 499. The third kappa shape index (κ3) is 3.29. The largest absolute Gasteiger partial charge is 0.369 e. The lowest BCUT2D eigenvalue weighted by Crippen LogP contribution is -2.46. The molecule has 1 heterocycles. The lowest BCUT2D eigenvalue weighted by molar-refractivity contribution is 0.254. The Labute approximate surface area is 120 Å². The van der Waals surface area contributed by atoms with Gasteiger partial charge in [-0.2, -0.15) is 5.26 Å². The molecule has 2 rings (SSSR count). The third-order valence-corrected chi connectivity index (χ3v) is 3.95. The van der Waals surface area contributed by atoms with Crippen molar-refractivity contribution in [2.24, 2.45) is 0 Å². The lowest BCUT2D eigenvalue weighted by atomic mass is 10.1. The standard InChI is InChI=1S/C16H22FN3/c1-3-4-5-19-6-8-20(9-7-19)16-11-15(17)14(12-18)10-13(16)2/h10-11H,3-9H2,1-2H3. The minimum atomic E-state index is -0.415. The summed E-state index contributed by atoms with van der Waals surface area (Å²) in [6, 6.07) is 5.05. The maximum absolute atomic E-state index is 13.8. The number of unbranched alkanes of at least 4 members (excludes halogenated alkanes) is 1. The van der Waals surface area contributed by atoms with Crippen molar-refractivity contribution < 1.29 is 4.39 Å². The molecule has 0 atom stereocenters. The Hall–Kier alpha value is -1.60. The highest BCUT2D eigenvalue weighted by Crippen LogP contribution is 2.24. The second kappa shape index (κ2) is 6.71. The summed E-state index contributed by atoms with van der Waals surface area (Å²) in [5.41, 5.74) is 2.04. The summed E-state index contributed by atoms with van der Waals surface area (Å²) in [4.78, 5) is 4.69. The fraction of sp³-hybridized carbons (Fsp3) is 0.562. The zero-order valence-electron chi connectivity index (χ0n) is 12.3. The number of hydrogen-bond acceptors (Lipinski definition) is 3. The van der Waals surface area contributed by atoms with Gasteiger partial charge < -0.3 is 4.90 Å². The van der Waals surface area contributed by atoms with Crippen LogP contribution < -0.4 is 4.90 Å². The minimum Gasteiger partial charge on any atom is -0.369 e. The second-order valence-corrected chi connectivity index (χ2v) is 5.41. The summed E-state index contributed by atoms with van der Waals surface area (Å²) < 4.78 is 13.8. The zero-order chi connectivity index (χ0) is 14.5. The number of piperazine rings is 1. The fourth-order valence-corrected chi connectivity index (χ4v) is 2.69. The average Bonchev–Trinajstić information content (AvgIpc) is 2.47. The molecule has 1 aromatic rings. The number of nitrogens with zero attached hydrogens (tertiary/aromatic N) is 3. The Morgan fingerprint density at radius 3 is 2.55 bits per heavy atom. The van der Waals surface area contributed by atoms with E-state index in [2.05, 4.69) is 16.7 Å². The Kier molecular flexibility index (Phi) is 4.97. The highest BCUT2D eigenvalue weighted by Gasteiger charge is 2.19. The molecule has 1 aliphatic heterocycles. The van der Waals surface area contributed by atoms with Gasteiger partial charge in [-0.3, -0.25) is 4.90 Å². The molecule has 0 aliphatic carbocycles. The van der Waals surface area contributed by atoms with Gasteiger partial charge in [0.25, 0.3) is 0 Å². The summed E-state index contributed by atoms with van der Waals surface area (Å²) in [7, 11) is 0. The van der Waals surface area contributed by atoms with E-state index in [9.17, 15) is 4.39 Å². The molecule has 4 heteroatoms. The van der Waals surface area contributed by atoms with Gasteiger partial charge in [0, 0.05) is 31.9 Å². The van der Waals surface area contributed by atoms with Crippen molar-refractivity contribution in [3.8, 4) is 6.07 Å². The molecule has 0 amide bonds. The van der Waals surface area contributed by atoms with Crippen LogP contribution in [-0.2, 0) is 0 Å². The molecule has 0 saturated carbocycles. The number of benzene rings is 1. The van der Waals surface area contributed by atoms with Crippen molar-refractivity contribution in [1.82, 2.24) is 4.90 Å². The SMILES string of the molecule is CCCCN1CCN(c2cc(F)c(C#N)cc2C)CC1. The first-order valence-corrected chi connectivity index (χ1v) is 7.33. The summed E-state index contributed by atoms with van der Waals surface area (Å²) in [6.07, 6.45) is 2.46. The topological polar surface area (TPSA) is 30.3 Å². The molecule has 1 fully saturated rings. The molecule has 0 aromatic heterocycles. The van der Waals surface area contributed by atoms with Gasteiger partial charge in [0.15, 0.2) is 0 Å². The normalized spacial score (nSPS) is 16.2. The Morgan fingerprint density at radius 2 is 1.95 bits per heavy atom. The van der Waals surface area contributed by atoms with Gasteiger partial charge in [-0.1, -0.05) is 13.3 Å². The van der Waals surface area contributed by atoms with E-state index < -0.39 is 5.82 Å². The predicted molar refractivity (Wildman–Crippen MR) is 79.4 cm³/mol. The molecular formula is C16H22FN3. The van der Waals surface area contributed by atoms with E-state index in [1.807, 2.05) is 13.0 Å². The molecule has 0 radical (unpaired) electrons. The Balaban J connectivity index is 2.04. The maximum Gasteiger partial charge on any atom is 0.143 e. The van der Waals surface area contributed by atoms with Gasteiger partial charge in [-0.25, -0.2) is 4.39 Å². The van der Waals surface area contributed by atoms with Crippen LogP contribution in [0, 0.1) is 24.1 Å². The number of halogens is 1. The predicted octanol–water partition coefficient (Wildman–Crippen LogP) is 2.93. The number of anilines is 1. The van der Waals surface area contributed by atoms with Crippen molar-refractivity contribution in [3.05, 3.63) is 29.1 Å². The van der Waals surface area contributed by atoms with Crippen molar-refractivity contribution >= 4 is 5.69 Å². The zero-order valence-corrected chi connectivity index (χ0v) is 12.3. The molecule has 1 aromatic carbocycles. The highest BCUT2D eigenvalue weighted by molar-refractivity contribution is 5.57. The number of aryl methyl sites for hydroxylation is 1. The van der Waals surface area contributed by atoms with Crippen molar-refractivity contribution in [2.75, 3.05) is 37.6 Å². The van der Waals surface area contributed by atoms with E-state index in [0.717, 1.165) is 44.0 Å². The number of nitriles is 1. The molecule has 1 saturated heterocycles. The van der Waals surface area contributed by atoms with E-state index in [4.69, 9.17) is 5.26 Å². The van der Waals surface area contributed by atoms with Gasteiger partial charge in [0.1, 0.15) is 11.9 Å². The first-order valence-electron chi connectivity index (χ1n) is 7.33. The first kappa shape index (κ1) is 14.8. The summed E-state index contributed by atoms with van der Waals surface area (Å²) in [5, 5.41) is 8.85. The van der Waals surface area contributed by atoms with Crippen LogP contribution in [0.1, 0.15) is 30.9 Å². The van der Waals surface area contributed by atoms with Gasteiger partial charge in [0.05, 0.1) is 5.56 Å². The maximum atomic E-state index is 13.8. The average molecular weight is 275 g/mol. The monoisotopic (exact) mass is 275 g/mol. The van der Waals surface area contributed by atoms with Crippen molar-refractivity contribution in [3.63, 3.8) is 0 Å². The molecule has 1 aliphatic rings. The molecule has 0 spiro atoms. The van der Waals surface area contributed by atoms with Crippen LogP contribution in [0.3, 0.4) is 0 Å². The molecule has 3 nitrogen and oxygen atoms in total. The summed E-state index contributed by atoms with van der Waals surface area (Å²) >= 11 is 0. The van der Waals surface area contributed by atoms with Crippen LogP contribution in [0.25, 0.3) is 0 Å². The number of hydrogen-bond donors (Lipinski definition) is 0. The Morgan fingerprint density at radius 1 is 1.25 bits per heavy atom. The summed E-state index contributed by atoms with van der Waals surface area (Å²) in [6.45, 7) is 9.22. The van der Waals surface area contributed by atoms with Crippen LogP contribution in [0.5, 0.6) is 0 Å². The van der Waals surface area contributed by atoms with Gasteiger partial charge in [-0.05, 0) is 37.6 Å². The molecule has 20 heavy (non-hydrogen) atoms. The molecule has 0 bridgehead atoms. The first-order chi connectivity index (χ1) is 9.65. The minimum absolute atomic E-state index is 0.132. The molecular weight excluding hydrogens is 253 g/mol. The highest BCUT2D eigenvalue weighted by atomic mass is 19.1. The van der Waals surface area contributed by atoms with Crippen LogP contribution in [-0.4, -0.2) is 37.6 Å². The second-order valence-electron chi connectivity index (χ2n) is 5.41. The smallest absolute Gasteiger partial charge is 0.143 e. The van der Waals surface area contributed by atoms with E-state index in [1.54, 1.807) is 6.07 Å². The van der Waals surface area contributed by atoms with E-state index in [0.29, 0.717) is 0 Å². The third-order valence-electron chi connectivity index (χ3n) is 3.95. The van der Waals surface area contributed by atoms with Crippen LogP contribution in [0.15, 0.2) is 12.1 Å². The van der Waals surface area contributed by atoms with Gasteiger partial charge in [-0.15, -0.1) is 0 Å². The van der Waals surface area contributed by atoms with E-state index in [1.165, 1.54) is 18.9 Å². The molecule has 0 N–H and O–H groups in total. The van der Waals surface area contributed by atoms with E-state index in [-0.39, 0.29) is 5.56 Å².